The molecule has 33 heavy (non-hydrogen) atoms. The van der Waals surface area contributed by atoms with Gasteiger partial charge in [0.25, 0.3) is 0 Å². The number of carbonyl (C=O) groups excluding carboxylic acids is 3. The molecule has 0 saturated carbocycles. The summed E-state index contributed by atoms with van der Waals surface area (Å²) in [7, 11) is 4.24. The zero-order valence-corrected chi connectivity index (χ0v) is 20.1. The van der Waals surface area contributed by atoms with Crippen molar-refractivity contribution in [3.05, 3.63) is 45.8 Å². The molecule has 9 nitrogen and oxygen atoms in total. The predicted octanol–water partition coefficient (Wildman–Crippen LogP) is 2.66. The van der Waals surface area contributed by atoms with Gasteiger partial charge >= 0.3 is 11.9 Å². The summed E-state index contributed by atoms with van der Waals surface area (Å²) in [5.41, 5.74) is 7.10. The third kappa shape index (κ3) is 4.39. The minimum absolute atomic E-state index is 0.00511. The van der Waals surface area contributed by atoms with Gasteiger partial charge in [-0.2, -0.15) is 0 Å². The summed E-state index contributed by atoms with van der Waals surface area (Å²) < 4.78 is 21.3. The maximum Gasteiger partial charge on any atom is 0.338 e. The second-order valence-corrected chi connectivity index (χ2v) is 8.81. The zero-order valence-electron chi connectivity index (χ0n) is 19.3. The van der Waals surface area contributed by atoms with E-state index in [9.17, 15) is 14.4 Å². The number of esters is 2. The molecule has 0 aromatic heterocycles. The van der Waals surface area contributed by atoms with Gasteiger partial charge in [-0.3, -0.25) is 9.69 Å². The number of hydrogen-bond donors (Lipinski definition) is 1. The molecule has 3 rings (SSSR count). The molecule has 2 atom stereocenters. The standard InChI is InChI=1S/C23H28N2O7S/c1-6-7-10-32-23(28)17-16(13-8-9-14(29-3)15(11-13)30-4)18(22(27)31-5)21-25(19(17)24)20(26)12(2)33-21/h8-9,11-12,16H,6-7,10,24H2,1-5H3. The molecule has 178 valence electrons. The van der Waals surface area contributed by atoms with Crippen LogP contribution in [0.4, 0.5) is 0 Å². The van der Waals surface area contributed by atoms with Gasteiger partial charge in [0.05, 0.1) is 55.3 Å². The summed E-state index contributed by atoms with van der Waals surface area (Å²) in [4.78, 5) is 40.4. The Morgan fingerprint density at radius 2 is 1.79 bits per heavy atom. The first-order valence-corrected chi connectivity index (χ1v) is 11.4. The highest BCUT2D eigenvalue weighted by Gasteiger charge is 2.49. The second-order valence-electron chi connectivity index (χ2n) is 7.48. The Bertz CT molecular complexity index is 1030. The molecule has 1 aromatic rings. The third-order valence-corrected chi connectivity index (χ3v) is 6.66. The SMILES string of the molecule is CCCCOC(=O)C1=C(N)N2C(=O)C(C)SC2=C(C(=O)OC)C1c1ccc(OC)c(OC)c1. The molecular weight excluding hydrogens is 448 g/mol. The predicted molar refractivity (Wildman–Crippen MR) is 122 cm³/mol. The van der Waals surface area contributed by atoms with E-state index < -0.39 is 23.1 Å². The van der Waals surface area contributed by atoms with Crippen LogP contribution in [0.5, 0.6) is 11.5 Å². The number of amides is 1. The fourth-order valence-electron chi connectivity index (χ4n) is 3.79. The second kappa shape index (κ2) is 10.2. The van der Waals surface area contributed by atoms with E-state index in [1.165, 1.54) is 38.0 Å². The number of methoxy groups -OCH3 is 3. The first-order valence-electron chi connectivity index (χ1n) is 10.5. The van der Waals surface area contributed by atoms with Crippen molar-refractivity contribution in [2.75, 3.05) is 27.9 Å². The van der Waals surface area contributed by atoms with Crippen LogP contribution in [0.2, 0.25) is 0 Å². The van der Waals surface area contributed by atoms with E-state index in [1.54, 1.807) is 25.1 Å². The Morgan fingerprint density at radius 3 is 2.39 bits per heavy atom. The number of unbranched alkanes of at least 4 members (excludes halogenated alkanes) is 1. The monoisotopic (exact) mass is 476 g/mol. The fourth-order valence-corrected chi connectivity index (χ4v) is 4.95. The molecular formula is C23H28N2O7S. The molecule has 2 aliphatic heterocycles. The van der Waals surface area contributed by atoms with E-state index >= 15 is 0 Å². The van der Waals surface area contributed by atoms with Crippen molar-refractivity contribution in [3.63, 3.8) is 0 Å². The summed E-state index contributed by atoms with van der Waals surface area (Å²) in [6.45, 7) is 3.87. The first kappa shape index (κ1) is 24.5. The number of hydrogen-bond acceptors (Lipinski definition) is 9. The van der Waals surface area contributed by atoms with Gasteiger partial charge in [-0.05, 0) is 31.0 Å². The average Bonchev–Trinajstić information content (AvgIpc) is 3.12. The van der Waals surface area contributed by atoms with Crippen molar-refractivity contribution in [1.29, 1.82) is 0 Å². The fraction of sp³-hybridized carbons (Fsp3) is 0.435. The molecule has 1 amide bonds. The molecule has 0 aliphatic carbocycles. The van der Waals surface area contributed by atoms with Crippen molar-refractivity contribution >= 4 is 29.6 Å². The third-order valence-electron chi connectivity index (χ3n) is 5.48. The van der Waals surface area contributed by atoms with Gasteiger partial charge in [-0.1, -0.05) is 31.2 Å². The molecule has 1 aromatic carbocycles. The molecule has 2 aliphatic rings. The highest BCUT2D eigenvalue weighted by Crippen LogP contribution is 2.50. The average molecular weight is 477 g/mol. The maximum atomic E-state index is 13.2. The van der Waals surface area contributed by atoms with E-state index in [2.05, 4.69) is 0 Å². The molecule has 2 heterocycles. The van der Waals surface area contributed by atoms with E-state index in [0.29, 0.717) is 28.5 Å². The normalized spacial score (nSPS) is 20.0. The van der Waals surface area contributed by atoms with Gasteiger partial charge in [-0.15, -0.1) is 0 Å². The number of fused-ring (bicyclic) bond motifs is 1. The lowest BCUT2D eigenvalue weighted by Crippen LogP contribution is -2.40. The molecule has 10 heteroatoms. The number of nitrogens with zero attached hydrogens (tertiary/aromatic N) is 1. The van der Waals surface area contributed by atoms with Gasteiger partial charge in [0.2, 0.25) is 5.91 Å². The summed E-state index contributed by atoms with van der Waals surface area (Å²) in [5.74, 6) is -1.78. The quantitative estimate of drug-likeness (QED) is 0.446. The topological polar surface area (TPSA) is 117 Å². The van der Waals surface area contributed by atoms with Crippen molar-refractivity contribution < 1.29 is 33.3 Å². The molecule has 1 fully saturated rings. The van der Waals surface area contributed by atoms with Crippen LogP contribution in [0.25, 0.3) is 0 Å². The minimum atomic E-state index is -0.928. The van der Waals surface area contributed by atoms with Crippen LogP contribution < -0.4 is 15.2 Å². The molecule has 0 bridgehead atoms. The van der Waals surface area contributed by atoms with Crippen LogP contribution in [0.15, 0.2) is 40.2 Å². The van der Waals surface area contributed by atoms with Crippen LogP contribution >= 0.6 is 11.8 Å². The van der Waals surface area contributed by atoms with Crippen molar-refractivity contribution in [3.8, 4) is 11.5 Å². The number of rotatable bonds is 8. The lowest BCUT2D eigenvalue weighted by atomic mass is 9.82. The highest BCUT2D eigenvalue weighted by molar-refractivity contribution is 8.04. The summed E-state index contributed by atoms with van der Waals surface area (Å²) in [5, 5.41) is -0.138. The Balaban J connectivity index is 2.26. The lowest BCUT2D eigenvalue weighted by molar-refractivity contribution is -0.139. The summed E-state index contributed by atoms with van der Waals surface area (Å²) >= 11 is 1.20. The van der Waals surface area contributed by atoms with Gasteiger partial charge in [-0.25, -0.2) is 9.59 Å². The Labute approximate surface area is 196 Å². The van der Waals surface area contributed by atoms with Crippen molar-refractivity contribution in [2.45, 2.75) is 37.9 Å². The number of ether oxygens (including phenoxy) is 4. The number of nitrogens with two attached hydrogens (primary N) is 1. The first-order chi connectivity index (χ1) is 15.8. The smallest absolute Gasteiger partial charge is 0.338 e. The van der Waals surface area contributed by atoms with Gasteiger partial charge in [0, 0.05) is 0 Å². The Hall–Kier alpha value is -3.14. The number of carbonyl (C=O) groups is 3. The van der Waals surface area contributed by atoms with Crippen LogP contribution in [-0.2, 0) is 23.9 Å². The Morgan fingerprint density at radius 1 is 1.09 bits per heavy atom. The highest BCUT2D eigenvalue weighted by atomic mass is 32.2. The van der Waals surface area contributed by atoms with E-state index in [4.69, 9.17) is 24.7 Å². The molecule has 0 radical (unpaired) electrons. The maximum absolute atomic E-state index is 13.2. The minimum Gasteiger partial charge on any atom is -0.493 e. The van der Waals surface area contributed by atoms with Gasteiger partial charge in [0.15, 0.2) is 11.5 Å². The Kier molecular flexibility index (Phi) is 7.57. The van der Waals surface area contributed by atoms with E-state index in [1.807, 2.05) is 6.92 Å². The van der Waals surface area contributed by atoms with E-state index in [0.717, 1.165) is 6.42 Å². The van der Waals surface area contributed by atoms with E-state index in [-0.39, 0.29) is 29.5 Å². The van der Waals surface area contributed by atoms with Crippen LogP contribution in [-0.4, -0.2) is 55.9 Å². The lowest BCUT2D eigenvalue weighted by Gasteiger charge is -2.33. The summed E-state index contributed by atoms with van der Waals surface area (Å²) in [6.07, 6.45) is 1.50. The largest absolute Gasteiger partial charge is 0.493 e. The molecule has 2 N–H and O–H groups in total. The zero-order chi connectivity index (χ0) is 24.3. The van der Waals surface area contributed by atoms with Crippen molar-refractivity contribution in [1.82, 2.24) is 4.90 Å². The summed E-state index contributed by atoms with van der Waals surface area (Å²) in [6, 6.07) is 5.05. The van der Waals surface area contributed by atoms with Crippen LogP contribution in [0, 0.1) is 0 Å². The van der Waals surface area contributed by atoms with Crippen LogP contribution in [0.3, 0.4) is 0 Å². The molecule has 2 unspecified atom stereocenters. The van der Waals surface area contributed by atoms with Crippen LogP contribution in [0.1, 0.15) is 38.2 Å². The number of benzene rings is 1. The van der Waals surface area contributed by atoms with Gasteiger partial charge < -0.3 is 24.7 Å². The van der Waals surface area contributed by atoms with Crippen molar-refractivity contribution in [2.24, 2.45) is 5.73 Å². The number of thioether (sulfide) groups is 1. The van der Waals surface area contributed by atoms with Gasteiger partial charge in [0.1, 0.15) is 5.82 Å². The molecule has 0 spiro atoms. The molecule has 1 saturated heterocycles.